The van der Waals surface area contributed by atoms with E-state index >= 15 is 0 Å². The van der Waals surface area contributed by atoms with E-state index in [0.29, 0.717) is 17.5 Å². The van der Waals surface area contributed by atoms with E-state index in [2.05, 4.69) is 205 Å². The average molecular weight is 727 g/mol. The number of hydrogen-bond acceptors (Lipinski definition) is 3. The number of nitrogens with zero attached hydrogens (tertiary/aromatic N) is 4. The van der Waals surface area contributed by atoms with Crippen molar-refractivity contribution < 1.29 is 0 Å². The Bertz CT molecular complexity index is 3280. The minimum atomic E-state index is 0.620. The van der Waals surface area contributed by atoms with Crippen molar-refractivity contribution in [3.05, 3.63) is 206 Å². The third-order valence-electron chi connectivity index (χ3n) is 11.0. The fourth-order valence-electron chi connectivity index (χ4n) is 8.11. The second kappa shape index (κ2) is 13.6. The molecule has 0 atom stereocenters. The van der Waals surface area contributed by atoms with Crippen LogP contribution in [-0.2, 0) is 0 Å². The molecule has 4 heteroatoms. The molecule has 11 aromatic rings. The Morgan fingerprint density at radius 1 is 0.263 bits per heavy atom. The van der Waals surface area contributed by atoms with Crippen LogP contribution >= 0.6 is 0 Å². The van der Waals surface area contributed by atoms with Crippen molar-refractivity contribution in [1.82, 2.24) is 19.5 Å². The lowest BCUT2D eigenvalue weighted by molar-refractivity contribution is 1.07. The number of fused-ring (bicyclic) bond motifs is 5. The highest BCUT2D eigenvalue weighted by Gasteiger charge is 2.18. The second-order valence-corrected chi connectivity index (χ2v) is 14.5. The van der Waals surface area contributed by atoms with Crippen molar-refractivity contribution in [1.29, 1.82) is 0 Å². The van der Waals surface area contributed by atoms with Gasteiger partial charge in [0.1, 0.15) is 0 Å². The Morgan fingerprint density at radius 3 is 1.44 bits per heavy atom. The molecule has 0 bridgehead atoms. The van der Waals surface area contributed by atoms with Crippen LogP contribution in [0, 0.1) is 0 Å². The summed E-state index contributed by atoms with van der Waals surface area (Å²) < 4.78 is 2.38. The van der Waals surface area contributed by atoms with Gasteiger partial charge in [0.15, 0.2) is 17.5 Å². The zero-order valence-corrected chi connectivity index (χ0v) is 30.9. The smallest absolute Gasteiger partial charge is 0.164 e. The Hall–Kier alpha value is -7.69. The highest BCUT2D eigenvalue weighted by atomic mass is 15.0. The molecule has 57 heavy (non-hydrogen) atoms. The van der Waals surface area contributed by atoms with E-state index in [1.807, 2.05) is 6.07 Å². The summed E-state index contributed by atoms with van der Waals surface area (Å²) in [5.74, 6) is 1.88. The molecule has 0 spiro atoms. The van der Waals surface area contributed by atoms with Gasteiger partial charge in [-0.05, 0) is 86.3 Å². The summed E-state index contributed by atoms with van der Waals surface area (Å²) in [4.78, 5) is 15.4. The summed E-state index contributed by atoms with van der Waals surface area (Å²) in [5.41, 5.74) is 10.8. The molecule has 9 aromatic carbocycles. The molecule has 0 saturated heterocycles. The van der Waals surface area contributed by atoms with Crippen molar-refractivity contribution >= 4 is 43.4 Å². The van der Waals surface area contributed by atoms with E-state index in [-0.39, 0.29) is 0 Å². The minimum Gasteiger partial charge on any atom is -0.309 e. The molecular formula is C53H34N4. The molecule has 0 unspecified atom stereocenters. The molecule has 266 valence electrons. The van der Waals surface area contributed by atoms with Crippen LogP contribution in [0.15, 0.2) is 206 Å². The van der Waals surface area contributed by atoms with Gasteiger partial charge in [-0.1, -0.05) is 164 Å². The first-order valence-electron chi connectivity index (χ1n) is 19.3. The van der Waals surface area contributed by atoms with Gasteiger partial charge >= 0.3 is 0 Å². The molecule has 2 aromatic heterocycles. The van der Waals surface area contributed by atoms with Crippen molar-refractivity contribution in [2.24, 2.45) is 0 Å². The predicted octanol–water partition coefficient (Wildman–Crippen LogP) is 13.6. The quantitative estimate of drug-likeness (QED) is 0.171. The first-order chi connectivity index (χ1) is 28.2. The summed E-state index contributed by atoms with van der Waals surface area (Å²) in [7, 11) is 0. The van der Waals surface area contributed by atoms with E-state index in [0.717, 1.165) is 44.4 Å². The number of rotatable bonds is 6. The SMILES string of the molecule is c1ccc(-c2ccc(-c3nc(-c4cccc(-n5c6ccc(-c7ccccc7)cc6c6cc7ccccc7cc65)c4)nc(-c4ccc5ccccc5c4)n3)cc2)cc1. The van der Waals surface area contributed by atoms with E-state index in [1.165, 1.54) is 43.6 Å². The van der Waals surface area contributed by atoms with Gasteiger partial charge in [0.2, 0.25) is 0 Å². The van der Waals surface area contributed by atoms with Crippen LogP contribution in [0.3, 0.4) is 0 Å². The third kappa shape index (κ3) is 5.92. The summed E-state index contributed by atoms with van der Waals surface area (Å²) in [5, 5.41) is 7.17. The molecule has 0 N–H and O–H groups in total. The first kappa shape index (κ1) is 32.7. The third-order valence-corrected chi connectivity index (χ3v) is 11.0. The van der Waals surface area contributed by atoms with Gasteiger partial charge in [-0.2, -0.15) is 0 Å². The van der Waals surface area contributed by atoms with Gasteiger partial charge in [0.25, 0.3) is 0 Å². The molecule has 0 fully saturated rings. The van der Waals surface area contributed by atoms with Crippen LogP contribution in [-0.4, -0.2) is 19.5 Å². The standard InChI is InChI=1S/C53H34N4/c1-3-12-35(13-4-1)38-22-25-39(26-23-38)51-54-52(56-53(55-51)45-27-24-37-16-7-8-17-40(37)30-45)44-20-11-21-46(31-44)57-49-29-28-43(36-14-5-2-6-15-36)33-47(49)48-32-41-18-9-10-19-42(41)34-50(48)57/h1-34H. The first-order valence-corrected chi connectivity index (χ1v) is 19.3. The zero-order valence-electron chi connectivity index (χ0n) is 30.9. The molecule has 4 nitrogen and oxygen atoms in total. The van der Waals surface area contributed by atoms with Gasteiger partial charge < -0.3 is 4.57 Å². The maximum atomic E-state index is 5.17. The summed E-state index contributed by atoms with van der Waals surface area (Å²) in [6, 6.07) is 73.0. The normalized spacial score (nSPS) is 11.5. The van der Waals surface area contributed by atoms with Crippen LogP contribution in [0.5, 0.6) is 0 Å². The van der Waals surface area contributed by atoms with Gasteiger partial charge in [0.05, 0.1) is 11.0 Å². The fraction of sp³-hybridized carbons (Fsp3) is 0. The Labute approximate surface area is 330 Å². The van der Waals surface area contributed by atoms with Gasteiger partial charge in [-0.15, -0.1) is 0 Å². The van der Waals surface area contributed by atoms with E-state index in [9.17, 15) is 0 Å². The van der Waals surface area contributed by atoms with Crippen molar-refractivity contribution in [2.75, 3.05) is 0 Å². The highest BCUT2D eigenvalue weighted by molar-refractivity contribution is 6.14. The molecule has 0 aliphatic carbocycles. The Balaban J connectivity index is 1.09. The fourth-order valence-corrected chi connectivity index (χ4v) is 8.11. The molecule has 2 heterocycles. The molecule has 0 aliphatic rings. The van der Waals surface area contributed by atoms with E-state index < -0.39 is 0 Å². The topological polar surface area (TPSA) is 43.6 Å². The molecule has 0 saturated carbocycles. The largest absolute Gasteiger partial charge is 0.309 e. The monoisotopic (exact) mass is 726 g/mol. The van der Waals surface area contributed by atoms with Crippen molar-refractivity contribution in [2.45, 2.75) is 0 Å². The summed E-state index contributed by atoms with van der Waals surface area (Å²) in [6.45, 7) is 0. The lowest BCUT2D eigenvalue weighted by Crippen LogP contribution is -2.01. The molecule has 0 amide bonds. The Kier molecular flexibility index (Phi) is 7.78. The van der Waals surface area contributed by atoms with Crippen LogP contribution in [0.1, 0.15) is 0 Å². The van der Waals surface area contributed by atoms with Gasteiger partial charge in [-0.3, -0.25) is 0 Å². The van der Waals surface area contributed by atoms with Crippen molar-refractivity contribution in [3.8, 4) is 62.1 Å². The van der Waals surface area contributed by atoms with Crippen molar-refractivity contribution in [3.63, 3.8) is 0 Å². The second-order valence-electron chi connectivity index (χ2n) is 14.5. The molecule has 0 aliphatic heterocycles. The number of aromatic nitrogens is 4. The van der Waals surface area contributed by atoms with Gasteiger partial charge in [0, 0.05) is 33.2 Å². The van der Waals surface area contributed by atoms with Gasteiger partial charge in [-0.25, -0.2) is 15.0 Å². The zero-order chi connectivity index (χ0) is 37.7. The van der Waals surface area contributed by atoms with Crippen LogP contribution < -0.4 is 0 Å². The van der Waals surface area contributed by atoms with E-state index in [4.69, 9.17) is 15.0 Å². The lowest BCUT2D eigenvalue weighted by Gasteiger charge is -2.12. The lowest BCUT2D eigenvalue weighted by atomic mass is 10.0. The maximum Gasteiger partial charge on any atom is 0.164 e. The summed E-state index contributed by atoms with van der Waals surface area (Å²) >= 11 is 0. The maximum absolute atomic E-state index is 5.17. The molecular weight excluding hydrogens is 693 g/mol. The minimum absolute atomic E-state index is 0.620. The Morgan fingerprint density at radius 2 is 0.737 bits per heavy atom. The van der Waals surface area contributed by atoms with Crippen LogP contribution in [0.2, 0.25) is 0 Å². The summed E-state index contributed by atoms with van der Waals surface area (Å²) in [6.07, 6.45) is 0. The van der Waals surface area contributed by atoms with E-state index in [1.54, 1.807) is 0 Å². The number of benzene rings is 9. The predicted molar refractivity (Wildman–Crippen MR) is 236 cm³/mol. The number of hydrogen-bond donors (Lipinski definition) is 0. The molecule has 11 rings (SSSR count). The molecule has 0 radical (unpaired) electrons. The van der Waals surface area contributed by atoms with Crippen LogP contribution in [0.4, 0.5) is 0 Å². The highest BCUT2D eigenvalue weighted by Crippen LogP contribution is 2.38. The van der Waals surface area contributed by atoms with Crippen LogP contribution in [0.25, 0.3) is 105 Å². The average Bonchev–Trinajstić information content (AvgIpc) is 3.61.